The number of fused-ring (bicyclic) bond motifs is 1. The van der Waals surface area contributed by atoms with E-state index in [0.29, 0.717) is 10.7 Å². The Bertz CT molecular complexity index is 1280. The highest BCUT2D eigenvalue weighted by Crippen LogP contribution is 2.39. The van der Waals surface area contributed by atoms with Crippen molar-refractivity contribution in [2.75, 3.05) is 26.2 Å². The highest BCUT2D eigenvalue weighted by Gasteiger charge is 2.56. The van der Waals surface area contributed by atoms with E-state index in [9.17, 15) is 27.6 Å². The van der Waals surface area contributed by atoms with Crippen LogP contribution in [0.5, 0.6) is 0 Å². The molecule has 2 atom stereocenters. The average molecular weight is 574 g/mol. The zero-order valence-corrected chi connectivity index (χ0v) is 23.0. The summed E-state index contributed by atoms with van der Waals surface area (Å²) in [5, 5.41) is 7.20. The average Bonchev–Trinajstić information content (AvgIpc) is 3.17. The summed E-state index contributed by atoms with van der Waals surface area (Å²) in [7, 11) is 0. The predicted octanol–water partition coefficient (Wildman–Crippen LogP) is 2.65. The fourth-order valence-corrected chi connectivity index (χ4v) is 5.00. The van der Waals surface area contributed by atoms with Crippen LogP contribution in [0, 0.1) is 5.41 Å². The Kier molecular flexibility index (Phi) is 8.83. The van der Waals surface area contributed by atoms with Crippen LogP contribution < -0.4 is 11.1 Å². The summed E-state index contributed by atoms with van der Waals surface area (Å²) in [6.45, 7) is 1.41. The number of benzene rings is 2. The van der Waals surface area contributed by atoms with E-state index < -0.39 is 47.4 Å². The highest BCUT2D eigenvalue weighted by atomic mass is 19.4. The molecule has 12 heteroatoms. The number of carbonyl (C=O) groups is 3. The first-order chi connectivity index (χ1) is 19.3. The number of hydrogen-bond acceptors (Lipinski definition) is 6. The molecule has 0 aromatic heterocycles. The quantitative estimate of drug-likeness (QED) is 0.453. The van der Waals surface area contributed by atoms with Gasteiger partial charge in [0.2, 0.25) is 11.8 Å². The number of alkyl halides is 3. The number of hydrazone groups is 1. The van der Waals surface area contributed by atoms with Gasteiger partial charge in [-0.25, -0.2) is 5.01 Å². The van der Waals surface area contributed by atoms with Gasteiger partial charge in [-0.2, -0.15) is 18.3 Å². The van der Waals surface area contributed by atoms with Gasteiger partial charge in [0.15, 0.2) is 0 Å². The van der Waals surface area contributed by atoms with Crippen molar-refractivity contribution in [3.8, 4) is 0 Å². The Balaban J connectivity index is 1.58. The summed E-state index contributed by atoms with van der Waals surface area (Å²) in [4.78, 5) is 41.6. The van der Waals surface area contributed by atoms with Crippen LogP contribution in [0.15, 0.2) is 65.8 Å². The summed E-state index contributed by atoms with van der Waals surface area (Å²) in [6.07, 6.45) is -4.47. The monoisotopic (exact) mass is 573 g/mol. The number of likely N-dealkylation sites (tertiary alicyclic amines) is 1. The molecule has 2 heterocycles. The number of halogens is 3. The van der Waals surface area contributed by atoms with E-state index in [4.69, 9.17) is 10.5 Å². The van der Waals surface area contributed by atoms with Gasteiger partial charge in [-0.05, 0) is 31.4 Å². The number of nitrogens with one attached hydrogen (secondary N) is 1. The van der Waals surface area contributed by atoms with Gasteiger partial charge >= 0.3 is 6.18 Å². The molecule has 3 N–H and O–H groups in total. The largest absolute Gasteiger partial charge is 0.408 e. The third-order valence-corrected chi connectivity index (χ3v) is 7.09. The Hall–Kier alpha value is -3.77. The molecule has 9 nitrogen and oxygen atoms in total. The van der Waals surface area contributed by atoms with Gasteiger partial charge in [-0.1, -0.05) is 60.7 Å². The van der Waals surface area contributed by atoms with E-state index in [1.165, 1.54) is 18.7 Å². The third-order valence-electron chi connectivity index (χ3n) is 7.09. The van der Waals surface area contributed by atoms with Crippen LogP contribution in [-0.2, 0) is 32.1 Å². The minimum absolute atomic E-state index is 0.0704. The third kappa shape index (κ3) is 7.31. The summed E-state index contributed by atoms with van der Waals surface area (Å²) in [5.41, 5.74) is 5.10. The molecule has 2 aromatic rings. The fraction of sp³-hybridized carbons (Fsp3) is 0.448. The normalized spacial score (nSPS) is 20.0. The zero-order chi connectivity index (χ0) is 29.8. The first-order valence-electron chi connectivity index (χ1n) is 13.3. The highest BCUT2D eigenvalue weighted by molar-refractivity contribution is 6.14. The van der Waals surface area contributed by atoms with E-state index in [1.807, 2.05) is 30.3 Å². The Morgan fingerprint density at radius 2 is 1.68 bits per heavy atom. The van der Waals surface area contributed by atoms with Crippen LogP contribution in [0.4, 0.5) is 13.2 Å². The van der Waals surface area contributed by atoms with Crippen molar-refractivity contribution in [3.63, 3.8) is 0 Å². The Morgan fingerprint density at radius 3 is 2.27 bits per heavy atom. The molecular weight excluding hydrogens is 539 g/mol. The molecule has 4 rings (SSSR count). The number of rotatable bonds is 10. The molecule has 1 fully saturated rings. The minimum atomic E-state index is -4.64. The first-order valence-corrected chi connectivity index (χ1v) is 13.3. The molecule has 1 unspecified atom stereocenters. The number of amides is 3. The maximum atomic E-state index is 13.8. The van der Waals surface area contributed by atoms with Gasteiger partial charge in [0.1, 0.15) is 18.0 Å². The summed E-state index contributed by atoms with van der Waals surface area (Å²) in [6, 6.07) is 17.0. The second-order valence-corrected chi connectivity index (χ2v) is 11.0. The lowest BCUT2D eigenvalue weighted by Crippen LogP contribution is -2.61. The Morgan fingerprint density at radius 1 is 1.07 bits per heavy atom. The number of carbonyl (C=O) groups excluding carboxylic acids is 3. The molecule has 2 aliphatic heterocycles. The molecule has 2 aliphatic rings. The van der Waals surface area contributed by atoms with E-state index in [-0.39, 0.29) is 39.1 Å². The van der Waals surface area contributed by atoms with E-state index >= 15 is 0 Å². The maximum absolute atomic E-state index is 13.8. The van der Waals surface area contributed by atoms with Gasteiger partial charge in [0.05, 0.1) is 24.5 Å². The lowest BCUT2D eigenvalue weighted by atomic mass is 9.73. The van der Waals surface area contributed by atoms with Crippen molar-refractivity contribution in [2.45, 2.75) is 51.1 Å². The second-order valence-electron chi connectivity index (χ2n) is 11.0. The lowest BCUT2D eigenvalue weighted by Gasteiger charge is -2.41. The van der Waals surface area contributed by atoms with Crippen LogP contribution in [0.25, 0.3) is 0 Å². The van der Waals surface area contributed by atoms with Crippen molar-refractivity contribution in [1.29, 1.82) is 0 Å². The number of hydrogen-bond donors (Lipinski definition) is 2. The van der Waals surface area contributed by atoms with Crippen LogP contribution in [0.2, 0.25) is 0 Å². The van der Waals surface area contributed by atoms with E-state index in [1.54, 1.807) is 30.3 Å². The number of ether oxygens (including phenoxy) is 1. The SMILES string of the molecule is CC(C)(N)C(=O)N[C@H](COCc1ccccc1)C(=O)N1CCC2=NN(CC(F)(F)F)C(=O)C2(Cc2ccccc2)C1. The van der Waals surface area contributed by atoms with Crippen molar-refractivity contribution in [3.05, 3.63) is 71.8 Å². The number of nitrogens with two attached hydrogens (primary N) is 1. The molecule has 220 valence electrons. The first kappa shape index (κ1) is 30.2. The van der Waals surface area contributed by atoms with Gasteiger partial charge < -0.3 is 20.7 Å². The maximum Gasteiger partial charge on any atom is 0.408 e. The molecule has 41 heavy (non-hydrogen) atoms. The summed E-state index contributed by atoms with van der Waals surface area (Å²) >= 11 is 0. The van der Waals surface area contributed by atoms with Crippen molar-refractivity contribution in [1.82, 2.24) is 15.2 Å². The molecule has 0 spiro atoms. The van der Waals surface area contributed by atoms with Gasteiger partial charge in [-0.3, -0.25) is 14.4 Å². The smallest absolute Gasteiger partial charge is 0.374 e. The molecular formula is C29H34F3N5O4. The topological polar surface area (TPSA) is 117 Å². The molecule has 0 saturated carbocycles. The molecule has 0 bridgehead atoms. The molecule has 0 aliphatic carbocycles. The van der Waals surface area contributed by atoms with Crippen molar-refractivity contribution in [2.24, 2.45) is 16.3 Å². The summed E-state index contributed by atoms with van der Waals surface area (Å²) in [5.74, 6) is -1.91. The van der Waals surface area contributed by atoms with Crippen molar-refractivity contribution < 1.29 is 32.3 Å². The molecule has 3 amide bonds. The van der Waals surface area contributed by atoms with Gasteiger partial charge in [-0.15, -0.1) is 0 Å². The van der Waals surface area contributed by atoms with Crippen LogP contribution in [0.1, 0.15) is 31.4 Å². The molecule has 2 aromatic carbocycles. The van der Waals surface area contributed by atoms with Crippen LogP contribution >= 0.6 is 0 Å². The molecule has 0 radical (unpaired) electrons. The zero-order valence-electron chi connectivity index (χ0n) is 23.0. The van der Waals surface area contributed by atoms with Crippen molar-refractivity contribution >= 4 is 23.4 Å². The number of nitrogens with zero attached hydrogens (tertiary/aromatic N) is 3. The van der Waals surface area contributed by atoms with Gasteiger partial charge in [0, 0.05) is 19.5 Å². The second kappa shape index (κ2) is 12.0. The van der Waals surface area contributed by atoms with E-state index in [2.05, 4.69) is 10.4 Å². The molecule has 1 saturated heterocycles. The summed E-state index contributed by atoms with van der Waals surface area (Å²) < 4.78 is 45.6. The van der Waals surface area contributed by atoms with Crippen LogP contribution in [-0.4, -0.2) is 77.3 Å². The standard InChI is InChI=1S/C29H34F3N5O4/c1-27(2,33)25(39)34-22(17-41-16-21-11-7-4-8-12-21)24(38)36-14-13-23-28(18-36,15-20-9-5-3-6-10-20)26(40)37(35-23)19-29(30,31)32/h3-12,22H,13-19,33H2,1-2H3,(H,34,39)/t22-,28?/m1/s1. The van der Waals surface area contributed by atoms with Gasteiger partial charge in [0.25, 0.3) is 5.91 Å². The number of piperidine rings is 1. The van der Waals surface area contributed by atoms with E-state index in [0.717, 1.165) is 11.1 Å². The Labute approximate surface area is 236 Å². The lowest BCUT2D eigenvalue weighted by molar-refractivity contribution is -0.164. The predicted molar refractivity (Wildman–Crippen MR) is 145 cm³/mol. The minimum Gasteiger partial charge on any atom is -0.374 e. The van der Waals surface area contributed by atoms with Crippen LogP contribution in [0.3, 0.4) is 0 Å². The fourth-order valence-electron chi connectivity index (χ4n) is 5.00.